The number of benzene rings is 2. The Morgan fingerprint density at radius 1 is 1.08 bits per heavy atom. The van der Waals surface area contributed by atoms with Crippen molar-refractivity contribution in [3.8, 4) is 0 Å². The molecule has 1 N–H and O–H groups in total. The van der Waals surface area contributed by atoms with Gasteiger partial charge in [0.25, 0.3) is 5.91 Å². The monoisotopic (exact) mass is 347 g/mol. The van der Waals surface area contributed by atoms with Gasteiger partial charge in [-0.2, -0.15) is 5.10 Å². The van der Waals surface area contributed by atoms with Crippen molar-refractivity contribution in [3.05, 3.63) is 89.2 Å². The summed E-state index contributed by atoms with van der Waals surface area (Å²) in [6.45, 7) is 5.45. The highest BCUT2D eigenvalue weighted by atomic mass is 16.1. The minimum Gasteiger partial charge on any atom is -0.352 e. The number of carbonyl (C=O) groups is 1. The van der Waals surface area contributed by atoms with Crippen molar-refractivity contribution in [1.29, 1.82) is 0 Å². The summed E-state index contributed by atoms with van der Waals surface area (Å²) in [5, 5.41) is 7.40. The minimum absolute atomic E-state index is 0.0536. The highest BCUT2D eigenvalue weighted by Gasteiger charge is 2.14. The van der Waals surface area contributed by atoms with Gasteiger partial charge in [-0.15, -0.1) is 0 Å². The number of nitrogens with zero attached hydrogens (tertiary/aromatic N) is 2. The normalized spacial score (nSPS) is 11.9. The Balaban J connectivity index is 1.55. The van der Waals surface area contributed by atoms with Crippen molar-refractivity contribution in [1.82, 2.24) is 15.1 Å². The highest BCUT2D eigenvalue weighted by Crippen LogP contribution is 2.17. The van der Waals surface area contributed by atoms with Gasteiger partial charge in [-0.05, 0) is 30.4 Å². The van der Waals surface area contributed by atoms with Gasteiger partial charge in [0.15, 0.2) is 0 Å². The van der Waals surface area contributed by atoms with Gasteiger partial charge in [0.2, 0.25) is 0 Å². The molecule has 26 heavy (non-hydrogen) atoms. The smallest absolute Gasteiger partial charge is 0.254 e. The van der Waals surface area contributed by atoms with Crippen molar-refractivity contribution in [2.75, 3.05) is 6.54 Å². The molecule has 0 spiro atoms. The van der Waals surface area contributed by atoms with Gasteiger partial charge in [0.05, 0.1) is 18.3 Å². The maximum Gasteiger partial charge on any atom is 0.254 e. The summed E-state index contributed by atoms with van der Waals surface area (Å²) in [5.41, 5.74) is 4.01. The first-order chi connectivity index (χ1) is 12.6. The summed E-state index contributed by atoms with van der Waals surface area (Å²) in [6, 6.07) is 20.5. The van der Waals surface area contributed by atoms with E-state index in [4.69, 9.17) is 0 Å². The molecule has 0 aliphatic heterocycles. The summed E-state index contributed by atoms with van der Waals surface area (Å²) in [6.07, 6.45) is 2.57. The predicted molar refractivity (Wildman–Crippen MR) is 104 cm³/mol. The van der Waals surface area contributed by atoms with E-state index in [1.54, 1.807) is 6.20 Å². The van der Waals surface area contributed by atoms with Crippen molar-refractivity contribution in [3.63, 3.8) is 0 Å². The summed E-state index contributed by atoms with van der Waals surface area (Å²) in [5.74, 6) is 0.362. The highest BCUT2D eigenvalue weighted by molar-refractivity contribution is 5.95. The Hall–Kier alpha value is -2.88. The number of hydrogen-bond donors (Lipinski definition) is 1. The van der Waals surface area contributed by atoms with Gasteiger partial charge in [0, 0.05) is 12.2 Å². The molecule has 0 aliphatic rings. The maximum absolute atomic E-state index is 12.5. The van der Waals surface area contributed by atoms with Gasteiger partial charge in [-0.1, -0.05) is 67.6 Å². The number of aromatic nitrogens is 2. The van der Waals surface area contributed by atoms with Crippen LogP contribution in [0.15, 0.2) is 66.9 Å². The molecule has 1 heterocycles. The van der Waals surface area contributed by atoms with E-state index in [1.807, 2.05) is 35.9 Å². The topological polar surface area (TPSA) is 46.9 Å². The summed E-state index contributed by atoms with van der Waals surface area (Å²) < 4.78 is 1.87. The Kier molecular flexibility index (Phi) is 5.84. The number of hydrogen-bond acceptors (Lipinski definition) is 2. The van der Waals surface area contributed by atoms with Crippen molar-refractivity contribution in [2.24, 2.45) is 0 Å². The molecule has 3 aromatic rings. The SMILES string of the molecule is Cc1c(C(=O)NCCC(C)c2ccccc2)cnn1Cc1ccccc1. The second-order valence-electron chi connectivity index (χ2n) is 6.64. The van der Waals surface area contributed by atoms with Crippen LogP contribution in [0, 0.1) is 6.92 Å². The Morgan fingerprint density at radius 2 is 1.73 bits per heavy atom. The van der Waals surface area contributed by atoms with Crippen LogP contribution in [-0.4, -0.2) is 22.2 Å². The Bertz CT molecular complexity index is 840. The lowest BCUT2D eigenvalue weighted by atomic mass is 9.98. The van der Waals surface area contributed by atoms with Gasteiger partial charge < -0.3 is 5.32 Å². The third-order valence-electron chi connectivity index (χ3n) is 4.75. The van der Waals surface area contributed by atoms with Crippen molar-refractivity contribution in [2.45, 2.75) is 32.7 Å². The molecule has 0 saturated heterocycles. The summed E-state index contributed by atoms with van der Waals surface area (Å²) in [7, 11) is 0. The zero-order valence-corrected chi connectivity index (χ0v) is 15.4. The molecule has 1 aromatic heterocycles. The molecular formula is C22H25N3O. The number of carbonyl (C=O) groups excluding carboxylic acids is 1. The predicted octanol–water partition coefficient (Wildman–Crippen LogP) is 4.16. The molecule has 3 rings (SSSR count). The van der Waals surface area contributed by atoms with E-state index in [-0.39, 0.29) is 5.91 Å². The number of rotatable bonds is 7. The average Bonchev–Trinajstić information content (AvgIpc) is 3.03. The van der Waals surface area contributed by atoms with Crippen LogP contribution in [0.2, 0.25) is 0 Å². The molecule has 1 amide bonds. The van der Waals surface area contributed by atoms with Crippen LogP contribution in [0.4, 0.5) is 0 Å². The third-order valence-corrected chi connectivity index (χ3v) is 4.75. The molecule has 4 nitrogen and oxygen atoms in total. The molecule has 1 atom stereocenters. The molecule has 134 valence electrons. The van der Waals surface area contributed by atoms with Crippen LogP contribution >= 0.6 is 0 Å². The number of nitrogens with one attached hydrogen (secondary N) is 1. The van der Waals surface area contributed by atoms with Crippen LogP contribution in [0.5, 0.6) is 0 Å². The van der Waals surface area contributed by atoms with Crippen molar-refractivity contribution >= 4 is 5.91 Å². The second kappa shape index (κ2) is 8.48. The van der Waals surface area contributed by atoms with E-state index in [1.165, 1.54) is 11.1 Å². The number of amides is 1. The standard InChI is InChI=1S/C22H25N3O/c1-17(20-11-7-4-8-12-20)13-14-23-22(26)21-15-24-25(18(21)2)16-19-9-5-3-6-10-19/h3-12,15,17H,13-14,16H2,1-2H3,(H,23,26). The molecule has 0 aliphatic carbocycles. The largest absolute Gasteiger partial charge is 0.352 e. The average molecular weight is 347 g/mol. The van der Waals surface area contributed by atoms with E-state index in [0.29, 0.717) is 24.6 Å². The van der Waals surface area contributed by atoms with E-state index < -0.39 is 0 Å². The van der Waals surface area contributed by atoms with Crippen LogP contribution in [0.3, 0.4) is 0 Å². The first-order valence-corrected chi connectivity index (χ1v) is 9.04. The molecule has 0 bridgehead atoms. The molecule has 0 fully saturated rings. The lowest BCUT2D eigenvalue weighted by Crippen LogP contribution is -2.25. The summed E-state index contributed by atoms with van der Waals surface area (Å²) in [4.78, 5) is 12.5. The van der Waals surface area contributed by atoms with Gasteiger partial charge in [0.1, 0.15) is 0 Å². The van der Waals surface area contributed by atoms with Crippen LogP contribution in [0.25, 0.3) is 0 Å². The van der Waals surface area contributed by atoms with Gasteiger partial charge in [-0.3, -0.25) is 9.48 Å². The Labute approximate surface area is 154 Å². The second-order valence-corrected chi connectivity index (χ2v) is 6.64. The van der Waals surface area contributed by atoms with Crippen LogP contribution in [-0.2, 0) is 6.54 Å². The Morgan fingerprint density at radius 3 is 2.42 bits per heavy atom. The van der Waals surface area contributed by atoms with Crippen LogP contribution < -0.4 is 5.32 Å². The quantitative estimate of drug-likeness (QED) is 0.697. The molecule has 0 radical (unpaired) electrons. The zero-order chi connectivity index (χ0) is 18.4. The first-order valence-electron chi connectivity index (χ1n) is 9.04. The lowest BCUT2D eigenvalue weighted by molar-refractivity contribution is 0.0952. The lowest BCUT2D eigenvalue weighted by Gasteiger charge is -2.12. The molecule has 4 heteroatoms. The van der Waals surface area contributed by atoms with E-state index >= 15 is 0 Å². The fourth-order valence-electron chi connectivity index (χ4n) is 3.03. The first kappa shape index (κ1) is 17.9. The van der Waals surface area contributed by atoms with Gasteiger partial charge >= 0.3 is 0 Å². The minimum atomic E-state index is -0.0536. The van der Waals surface area contributed by atoms with Crippen LogP contribution in [0.1, 0.15) is 46.4 Å². The van der Waals surface area contributed by atoms with E-state index in [9.17, 15) is 4.79 Å². The van der Waals surface area contributed by atoms with Crippen molar-refractivity contribution < 1.29 is 4.79 Å². The molecular weight excluding hydrogens is 322 g/mol. The fraction of sp³-hybridized carbons (Fsp3) is 0.273. The van der Waals surface area contributed by atoms with E-state index in [0.717, 1.165) is 12.1 Å². The third kappa shape index (κ3) is 4.39. The zero-order valence-electron chi connectivity index (χ0n) is 15.4. The van der Waals surface area contributed by atoms with E-state index in [2.05, 4.69) is 53.7 Å². The van der Waals surface area contributed by atoms with Gasteiger partial charge in [-0.25, -0.2) is 0 Å². The molecule has 0 saturated carbocycles. The molecule has 1 unspecified atom stereocenters. The fourth-order valence-corrected chi connectivity index (χ4v) is 3.03. The molecule has 2 aromatic carbocycles. The summed E-state index contributed by atoms with van der Waals surface area (Å²) >= 11 is 0. The maximum atomic E-state index is 12.5.